The Morgan fingerprint density at radius 2 is 1.20 bits per heavy atom. The molecule has 0 atom stereocenters. The molecule has 0 heterocycles. The van der Waals surface area contributed by atoms with Crippen molar-refractivity contribution in [2.45, 2.75) is 0 Å². The molecule has 0 aromatic rings. The molecular weight excluding hydrogens is 403 g/mol. The van der Waals surface area contributed by atoms with E-state index in [4.69, 9.17) is 19.2 Å². The maximum atomic E-state index is 8.88. The first-order valence-corrected chi connectivity index (χ1v) is 2.35. The third-order valence-electron chi connectivity index (χ3n) is 0. The summed E-state index contributed by atoms with van der Waals surface area (Å²) < 4.78 is 8.88. The normalized spacial score (nSPS) is 5.90. The minimum atomic E-state index is -4.64. The minimum absolute atomic E-state index is 0. The van der Waals surface area contributed by atoms with Crippen molar-refractivity contribution in [1.29, 1.82) is 0 Å². The van der Waals surface area contributed by atoms with E-state index in [0.717, 1.165) is 0 Å². The van der Waals surface area contributed by atoms with Crippen molar-refractivity contribution in [2.75, 3.05) is 0 Å². The minimum Gasteiger partial charge on any atom is -1.00 e. The van der Waals surface area contributed by atoms with E-state index in [-0.39, 0.29) is 143 Å². The number of phosphoric acid groups is 1. The average Bonchev–Trinajstić information content (AvgIpc) is 0.722. The van der Waals surface area contributed by atoms with Crippen LogP contribution in [0.5, 0.6) is 0 Å². The molecule has 51 valence electrons. The van der Waals surface area contributed by atoms with E-state index in [1.165, 1.54) is 0 Å². The standard InChI is InChI=1S/Al.La.Li.H3O4P.Sr.Ti.6H/c;;;1-5(2,3)4;;;;;;;;/h;;;(H3,1,2,3,4);;;;;;;;/q;;+1;;+2;;;;;3*-1. The van der Waals surface area contributed by atoms with Crippen molar-refractivity contribution in [1.82, 2.24) is 0 Å². The van der Waals surface area contributed by atoms with Gasteiger partial charge in [-0.25, -0.2) is 4.57 Å². The molecule has 0 saturated carbocycles. The topological polar surface area (TPSA) is 77.8 Å². The predicted molar refractivity (Wildman–Crippen MR) is 33.3 cm³/mol. The van der Waals surface area contributed by atoms with Crippen LogP contribution in [0.15, 0.2) is 0 Å². The van der Waals surface area contributed by atoms with Gasteiger partial charge in [-0.2, -0.15) is 0 Å². The molecule has 0 fully saturated rings. The summed E-state index contributed by atoms with van der Waals surface area (Å²) in [4.78, 5) is 21.6. The second kappa shape index (κ2) is 19.2. The van der Waals surface area contributed by atoms with Crippen LogP contribution in [-0.4, -0.2) is 77.5 Å². The van der Waals surface area contributed by atoms with Gasteiger partial charge >= 0.3 is 72.2 Å². The number of hydrogen-bond acceptors (Lipinski definition) is 1. The van der Waals surface area contributed by atoms with Crippen molar-refractivity contribution in [2.24, 2.45) is 0 Å². The van der Waals surface area contributed by atoms with Crippen LogP contribution in [0.4, 0.5) is 0 Å². The van der Waals surface area contributed by atoms with Crippen molar-refractivity contribution >= 4 is 70.7 Å². The summed E-state index contributed by atoms with van der Waals surface area (Å²) in [7, 11) is -4.64. The van der Waals surface area contributed by atoms with E-state index in [1.54, 1.807) is 0 Å². The van der Waals surface area contributed by atoms with Crippen molar-refractivity contribution in [3.8, 4) is 0 Å². The van der Waals surface area contributed by atoms with Gasteiger partial charge in [-0.05, 0) is 0 Å². The summed E-state index contributed by atoms with van der Waals surface area (Å²) in [5.41, 5.74) is 0. The summed E-state index contributed by atoms with van der Waals surface area (Å²) >= 11 is 0. The van der Waals surface area contributed by atoms with E-state index in [2.05, 4.69) is 0 Å². The van der Waals surface area contributed by atoms with Crippen LogP contribution in [0.1, 0.15) is 4.28 Å². The molecule has 1 radical (unpaired) electrons. The van der Waals surface area contributed by atoms with E-state index >= 15 is 0 Å². The molecule has 0 amide bonds. The molecule has 0 aliphatic carbocycles. The fourth-order valence-corrected chi connectivity index (χ4v) is 0. The Balaban J connectivity index is -0.00000000286. The molecule has 4 nitrogen and oxygen atoms in total. The van der Waals surface area contributed by atoms with Crippen LogP contribution in [0.25, 0.3) is 0 Å². The van der Waals surface area contributed by atoms with Gasteiger partial charge in [0.05, 0.1) is 0 Å². The van der Waals surface area contributed by atoms with Crippen molar-refractivity contribution in [3.63, 3.8) is 0 Å². The Kier molecular flexibility index (Phi) is 70.2. The van der Waals surface area contributed by atoms with Crippen LogP contribution in [0, 0.1) is 35.6 Å². The monoisotopic (exact) mass is 413 g/mol. The van der Waals surface area contributed by atoms with Gasteiger partial charge < -0.3 is 19.0 Å². The van der Waals surface area contributed by atoms with E-state index in [0.29, 0.717) is 0 Å². The Morgan fingerprint density at radius 3 is 1.20 bits per heavy atom. The van der Waals surface area contributed by atoms with E-state index in [9.17, 15) is 0 Å². The van der Waals surface area contributed by atoms with Gasteiger partial charge in [-0.3, -0.25) is 0 Å². The zero-order chi connectivity index (χ0) is 4.50. The van der Waals surface area contributed by atoms with Crippen LogP contribution < -0.4 is 18.9 Å². The summed E-state index contributed by atoms with van der Waals surface area (Å²) in [5, 5.41) is 0. The maximum absolute atomic E-state index is 8.88. The summed E-state index contributed by atoms with van der Waals surface area (Å²) in [6.07, 6.45) is 0. The molecule has 0 unspecified atom stereocenters. The first-order valence-electron chi connectivity index (χ1n) is 0.783. The fraction of sp³-hybridized carbons (Fsp3) is 0. The van der Waals surface area contributed by atoms with Gasteiger partial charge in [-0.1, -0.05) is 0 Å². The molecule has 10 heavy (non-hydrogen) atoms. The first-order chi connectivity index (χ1) is 2.00. The molecule has 0 aliphatic heterocycles. The van der Waals surface area contributed by atoms with Crippen molar-refractivity contribution in [3.05, 3.63) is 0 Å². The van der Waals surface area contributed by atoms with Crippen LogP contribution >= 0.6 is 7.82 Å². The van der Waals surface area contributed by atoms with Crippen LogP contribution in [0.2, 0.25) is 0 Å². The molecule has 0 spiro atoms. The van der Waals surface area contributed by atoms with Gasteiger partial charge in [0, 0.05) is 57.3 Å². The van der Waals surface area contributed by atoms with Gasteiger partial charge in [-0.15, -0.1) is 0 Å². The third kappa shape index (κ3) is 79.7. The quantitative estimate of drug-likeness (QED) is 0.275. The summed E-state index contributed by atoms with van der Waals surface area (Å²) in [5.74, 6) is 0. The second-order valence-corrected chi connectivity index (χ2v) is 1.54. The maximum Gasteiger partial charge on any atom is 2.00 e. The average molecular weight is 412 g/mol. The fourth-order valence-electron chi connectivity index (χ4n) is 0. The van der Waals surface area contributed by atoms with Gasteiger partial charge in [0.25, 0.3) is 0 Å². The van der Waals surface area contributed by atoms with E-state index < -0.39 is 7.82 Å². The number of hydrogen-bond donors (Lipinski definition) is 3. The molecule has 10 heteroatoms. The van der Waals surface area contributed by atoms with Crippen LogP contribution in [-0.2, 0) is 26.3 Å². The second-order valence-electron chi connectivity index (χ2n) is 0.513. The zero-order valence-corrected chi connectivity index (χ0v) is 14.5. The molecule has 3 N–H and O–H groups in total. The molecule has 0 bridgehead atoms. The van der Waals surface area contributed by atoms with Gasteiger partial charge in [0.1, 0.15) is 0 Å². The Labute approximate surface area is 166 Å². The molecule has 0 aromatic carbocycles. The molecule has 0 rings (SSSR count). The van der Waals surface area contributed by atoms with Gasteiger partial charge in [0.2, 0.25) is 0 Å². The molecule has 0 aromatic heterocycles. The molecule has 0 saturated heterocycles. The molecular formula is H9AlLaLiO4PSrTi. The van der Waals surface area contributed by atoms with Crippen LogP contribution in [0.3, 0.4) is 0 Å². The Bertz CT molecular complexity index is 81.5. The molecule has 0 aliphatic rings. The Hall–Kier alpha value is 4.63. The number of rotatable bonds is 0. The predicted octanol–water partition coefficient (Wildman–Crippen LogP) is -5.15. The SMILES string of the molecule is O=P(O)(O)O.[AlH3].[H-].[H-].[H-].[La].[Li+].[Sr+2].[Ti]. The first kappa shape index (κ1) is 36.5. The third-order valence-corrected chi connectivity index (χ3v) is 0. The smallest absolute Gasteiger partial charge is 1.00 e. The van der Waals surface area contributed by atoms with Gasteiger partial charge in [0.15, 0.2) is 17.4 Å². The summed E-state index contributed by atoms with van der Waals surface area (Å²) in [6.45, 7) is 0. The summed E-state index contributed by atoms with van der Waals surface area (Å²) in [6, 6.07) is 0. The van der Waals surface area contributed by atoms with Crippen molar-refractivity contribution < 1.29 is 99.7 Å². The largest absolute Gasteiger partial charge is 2.00 e. The van der Waals surface area contributed by atoms with E-state index in [1.807, 2.05) is 0 Å². The Morgan fingerprint density at radius 1 is 1.20 bits per heavy atom. The zero-order valence-electron chi connectivity index (χ0n) is 7.98.